The fraction of sp³-hybridized carbons (Fsp3) is 0.538. The average molecular weight is 238 g/mol. The molecule has 0 saturated carbocycles. The van der Waals surface area contributed by atoms with Gasteiger partial charge in [0.05, 0.1) is 18.6 Å². The minimum atomic E-state index is 0.168. The summed E-state index contributed by atoms with van der Waals surface area (Å²) in [4.78, 5) is 0. The summed E-state index contributed by atoms with van der Waals surface area (Å²) in [5.41, 5.74) is 1.49. The average Bonchev–Trinajstić information content (AvgIpc) is 2.70. The van der Waals surface area contributed by atoms with Crippen LogP contribution >= 0.6 is 11.6 Å². The smallest absolute Gasteiger partial charge is 0.0600 e. The molecule has 2 heterocycles. The van der Waals surface area contributed by atoms with E-state index in [4.69, 9.17) is 16.3 Å². The number of hydrogen-bond acceptors (Lipinski definition) is 2. The summed E-state index contributed by atoms with van der Waals surface area (Å²) >= 11 is 6.08. The minimum absolute atomic E-state index is 0.168. The molecule has 1 aromatic carbocycles. The summed E-state index contributed by atoms with van der Waals surface area (Å²) in [6.07, 6.45) is 2.52. The first-order chi connectivity index (χ1) is 7.81. The van der Waals surface area contributed by atoms with Gasteiger partial charge in [0, 0.05) is 11.1 Å². The van der Waals surface area contributed by atoms with Crippen LogP contribution in [-0.2, 0) is 10.2 Å². The molecule has 0 aromatic heterocycles. The van der Waals surface area contributed by atoms with E-state index in [2.05, 4.69) is 17.4 Å². The van der Waals surface area contributed by atoms with E-state index in [1.54, 1.807) is 0 Å². The Bertz CT molecular complexity index is 383. The number of halogens is 1. The van der Waals surface area contributed by atoms with E-state index in [9.17, 15) is 0 Å². The van der Waals surface area contributed by atoms with Crippen LogP contribution in [-0.4, -0.2) is 25.8 Å². The molecule has 1 aromatic rings. The molecule has 3 rings (SSSR count). The molecule has 1 unspecified atom stereocenters. The highest BCUT2D eigenvalue weighted by atomic mass is 35.5. The van der Waals surface area contributed by atoms with Crippen molar-refractivity contribution in [3.8, 4) is 0 Å². The number of ether oxygens (including phenoxy) is 1. The molecule has 2 aliphatic heterocycles. The standard InChI is InChI=1S/C13H16ClNO/c14-11-4-1-3-10(7-11)13(8-16-9-13)12-5-2-6-15-12/h1,3-4,7,12,15H,2,5-6,8-9H2. The van der Waals surface area contributed by atoms with E-state index in [1.165, 1.54) is 18.4 Å². The molecule has 0 aliphatic carbocycles. The van der Waals surface area contributed by atoms with Crippen LogP contribution in [0.4, 0.5) is 0 Å². The van der Waals surface area contributed by atoms with Gasteiger partial charge in [0.2, 0.25) is 0 Å². The van der Waals surface area contributed by atoms with Crippen molar-refractivity contribution in [3.63, 3.8) is 0 Å². The van der Waals surface area contributed by atoms with Crippen molar-refractivity contribution in [2.24, 2.45) is 0 Å². The molecule has 3 heteroatoms. The van der Waals surface area contributed by atoms with Crippen molar-refractivity contribution in [1.29, 1.82) is 0 Å². The fourth-order valence-corrected chi connectivity index (χ4v) is 3.04. The summed E-state index contributed by atoms with van der Waals surface area (Å²) in [6, 6.07) is 8.78. The molecule has 2 nitrogen and oxygen atoms in total. The van der Waals surface area contributed by atoms with Gasteiger partial charge in [-0.05, 0) is 37.1 Å². The van der Waals surface area contributed by atoms with Gasteiger partial charge in [-0.1, -0.05) is 23.7 Å². The van der Waals surface area contributed by atoms with Gasteiger partial charge in [-0.2, -0.15) is 0 Å². The van der Waals surface area contributed by atoms with Gasteiger partial charge in [0.25, 0.3) is 0 Å². The molecule has 1 N–H and O–H groups in total. The lowest BCUT2D eigenvalue weighted by Gasteiger charge is -2.46. The Morgan fingerprint density at radius 2 is 2.25 bits per heavy atom. The molecular formula is C13H16ClNO. The summed E-state index contributed by atoms with van der Waals surface area (Å²) in [5.74, 6) is 0. The SMILES string of the molecule is Clc1cccc(C2(C3CCCN3)COC2)c1. The van der Waals surface area contributed by atoms with Crippen LogP contribution in [0, 0.1) is 0 Å². The van der Waals surface area contributed by atoms with Crippen molar-refractivity contribution >= 4 is 11.6 Å². The zero-order chi connectivity index (χ0) is 11.0. The van der Waals surface area contributed by atoms with Gasteiger partial charge in [0.15, 0.2) is 0 Å². The quantitative estimate of drug-likeness (QED) is 0.853. The van der Waals surface area contributed by atoms with Crippen molar-refractivity contribution in [2.45, 2.75) is 24.3 Å². The number of rotatable bonds is 2. The molecule has 1 atom stereocenters. The molecule has 16 heavy (non-hydrogen) atoms. The normalized spacial score (nSPS) is 27.7. The zero-order valence-electron chi connectivity index (χ0n) is 9.21. The third-order valence-corrected chi connectivity index (χ3v) is 4.08. The van der Waals surface area contributed by atoms with Crippen molar-refractivity contribution in [2.75, 3.05) is 19.8 Å². The minimum Gasteiger partial charge on any atom is -0.379 e. The third kappa shape index (κ3) is 1.56. The maximum Gasteiger partial charge on any atom is 0.0600 e. The maximum absolute atomic E-state index is 6.08. The van der Waals surface area contributed by atoms with Crippen molar-refractivity contribution in [1.82, 2.24) is 5.32 Å². The van der Waals surface area contributed by atoms with Crippen LogP contribution in [0.15, 0.2) is 24.3 Å². The lowest BCUT2D eigenvalue weighted by atomic mass is 9.72. The molecular weight excluding hydrogens is 222 g/mol. The van der Waals surface area contributed by atoms with Crippen LogP contribution in [0.2, 0.25) is 5.02 Å². The van der Waals surface area contributed by atoms with Gasteiger partial charge in [0.1, 0.15) is 0 Å². The number of nitrogens with one attached hydrogen (secondary N) is 1. The van der Waals surface area contributed by atoms with Gasteiger partial charge in [-0.25, -0.2) is 0 Å². The third-order valence-electron chi connectivity index (χ3n) is 3.85. The topological polar surface area (TPSA) is 21.3 Å². The maximum atomic E-state index is 6.08. The molecule has 2 aliphatic rings. The Morgan fingerprint density at radius 3 is 2.81 bits per heavy atom. The second-order valence-corrected chi connectivity index (χ2v) is 5.24. The van der Waals surface area contributed by atoms with Crippen LogP contribution in [0.1, 0.15) is 18.4 Å². The van der Waals surface area contributed by atoms with E-state index in [0.29, 0.717) is 6.04 Å². The van der Waals surface area contributed by atoms with Crippen molar-refractivity contribution in [3.05, 3.63) is 34.9 Å². The molecule has 0 bridgehead atoms. The number of benzene rings is 1. The first-order valence-electron chi connectivity index (χ1n) is 5.88. The largest absolute Gasteiger partial charge is 0.379 e. The van der Waals surface area contributed by atoms with Crippen LogP contribution in [0.5, 0.6) is 0 Å². The highest BCUT2D eigenvalue weighted by molar-refractivity contribution is 6.30. The molecule has 86 valence electrons. The summed E-state index contributed by atoms with van der Waals surface area (Å²) in [6.45, 7) is 2.78. The summed E-state index contributed by atoms with van der Waals surface area (Å²) in [7, 11) is 0. The highest BCUT2D eigenvalue weighted by Crippen LogP contribution is 2.39. The van der Waals surface area contributed by atoms with Gasteiger partial charge in [-0.15, -0.1) is 0 Å². The van der Waals surface area contributed by atoms with Gasteiger partial charge in [-0.3, -0.25) is 0 Å². The second kappa shape index (κ2) is 4.02. The summed E-state index contributed by atoms with van der Waals surface area (Å²) < 4.78 is 5.46. The van der Waals surface area contributed by atoms with E-state index in [0.717, 1.165) is 24.8 Å². The Morgan fingerprint density at radius 1 is 1.38 bits per heavy atom. The van der Waals surface area contributed by atoms with Gasteiger partial charge < -0.3 is 10.1 Å². The first-order valence-corrected chi connectivity index (χ1v) is 6.26. The Balaban J connectivity index is 1.94. The van der Waals surface area contributed by atoms with E-state index < -0.39 is 0 Å². The van der Waals surface area contributed by atoms with Crippen LogP contribution in [0.3, 0.4) is 0 Å². The Kier molecular flexibility index (Phi) is 2.66. The summed E-state index contributed by atoms with van der Waals surface area (Å²) in [5, 5.41) is 4.42. The first kappa shape index (κ1) is 10.6. The highest BCUT2D eigenvalue weighted by Gasteiger charge is 2.47. The number of hydrogen-bond donors (Lipinski definition) is 1. The predicted molar refractivity (Wildman–Crippen MR) is 65.0 cm³/mol. The van der Waals surface area contributed by atoms with E-state index >= 15 is 0 Å². The molecule has 0 radical (unpaired) electrons. The molecule has 2 fully saturated rings. The Labute approximate surface area is 101 Å². The van der Waals surface area contributed by atoms with Crippen molar-refractivity contribution < 1.29 is 4.74 Å². The monoisotopic (exact) mass is 237 g/mol. The van der Waals surface area contributed by atoms with Crippen LogP contribution in [0.25, 0.3) is 0 Å². The lowest BCUT2D eigenvalue weighted by Crippen LogP contribution is -2.58. The second-order valence-electron chi connectivity index (χ2n) is 4.81. The lowest BCUT2D eigenvalue weighted by molar-refractivity contribution is -0.0760. The van der Waals surface area contributed by atoms with Crippen LogP contribution < -0.4 is 5.32 Å². The molecule has 0 spiro atoms. The van der Waals surface area contributed by atoms with E-state index in [-0.39, 0.29) is 5.41 Å². The van der Waals surface area contributed by atoms with E-state index in [1.807, 2.05) is 12.1 Å². The van der Waals surface area contributed by atoms with Gasteiger partial charge >= 0.3 is 0 Å². The molecule has 0 amide bonds. The zero-order valence-corrected chi connectivity index (χ0v) is 9.96. The molecule has 2 saturated heterocycles. The predicted octanol–water partition coefficient (Wildman–Crippen LogP) is 2.36. The fourth-order valence-electron chi connectivity index (χ4n) is 2.85. The Hall–Kier alpha value is -0.570.